The van der Waals surface area contributed by atoms with Crippen LogP contribution in [0.25, 0.3) is 0 Å². The number of esters is 1. The first-order valence-corrected chi connectivity index (χ1v) is 10.7. The number of hydrogen-bond acceptors (Lipinski definition) is 6. The van der Waals surface area contributed by atoms with E-state index in [1.807, 2.05) is 17.5 Å². The molecule has 1 fully saturated rings. The molecule has 1 aromatic carbocycles. The number of rotatable bonds is 6. The Morgan fingerprint density at radius 2 is 1.96 bits per heavy atom. The zero-order valence-electron chi connectivity index (χ0n) is 14.5. The van der Waals surface area contributed by atoms with E-state index in [-0.39, 0.29) is 23.0 Å². The highest BCUT2D eigenvalue weighted by molar-refractivity contribution is 7.89. The predicted octanol–water partition coefficient (Wildman–Crippen LogP) is 2.90. The van der Waals surface area contributed by atoms with Crippen LogP contribution in [0.4, 0.5) is 0 Å². The van der Waals surface area contributed by atoms with Crippen LogP contribution in [-0.2, 0) is 26.0 Å². The molecule has 0 bridgehead atoms. The molecule has 0 N–H and O–H groups in total. The van der Waals surface area contributed by atoms with E-state index in [0.29, 0.717) is 26.1 Å². The Balaban J connectivity index is 2.03. The van der Waals surface area contributed by atoms with E-state index in [1.54, 1.807) is 12.1 Å². The summed E-state index contributed by atoms with van der Waals surface area (Å²) in [5.74, 6) is -0.660. The highest BCUT2D eigenvalue weighted by Gasteiger charge is 2.35. The van der Waals surface area contributed by atoms with Gasteiger partial charge in [-0.3, -0.25) is 0 Å². The third-order valence-corrected chi connectivity index (χ3v) is 7.19. The van der Waals surface area contributed by atoms with Gasteiger partial charge in [-0.2, -0.15) is 4.31 Å². The smallest absolute Gasteiger partial charge is 0.339 e. The fourth-order valence-electron chi connectivity index (χ4n) is 3.04. The van der Waals surface area contributed by atoms with Crippen molar-refractivity contribution in [2.24, 2.45) is 0 Å². The van der Waals surface area contributed by atoms with Gasteiger partial charge >= 0.3 is 5.97 Å². The van der Waals surface area contributed by atoms with Crippen molar-refractivity contribution in [1.29, 1.82) is 0 Å². The van der Waals surface area contributed by atoms with Gasteiger partial charge in [-0.25, -0.2) is 13.2 Å². The Hall–Kier alpha value is -1.74. The van der Waals surface area contributed by atoms with Crippen LogP contribution in [0, 0.1) is 0 Å². The summed E-state index contributed by atoms with van der Waals surface area (Å²) < 4.78 is 38.6. The second-order valence-electron chi connectivity index (χ2n) is 5.96. The number of sulfonamides is 1. The molecule has 8 heteroatoms. The third kappa shape index (κ3) is 3.98. The van der Waals surface area contributed by atoms with E-state index in [9.17, 15) is 13.2 Å². The van der Waals surface area contributed by atoms with Crippen molar-refractivity contribution < 1.29 is 22.7 Å². The SMILES string of the molecule is COC(=O)c1ccccc1S(=O)(=O)N(Cc1cccs1)C1CCOCC1. The van der Waals surface area contributed by atoms with Crippen molar-refractivity contribution >= 4 is 27.3 Å². The molecule has 0 atom stereocenters. The van der Waals surface area contributed by atoms with Crippen molar-refractivity contribution in [1.82, 2.24) is 4.31 Å². The van der Waals surface area contributed by atoms with Crippen LogP contribution in [0.15, 0.2) is 46.7 Å². The molecule has 1 aromatic heterocycles. The van der Waals surface area contributed by atoms with E-state index >= 15 is 0 Å². The maximum Gasteiger partial charge on any atom is 0.339 e. The molecule has 1 saturated heterocycles. The number of carbonyl (C=O) groups excluding carboxylic acids is 1. The van der Waals surface area contributed by atoms with Crippen molar-refractivity contribution in [3.8, 4) is 0 Å². The molecule has 0 saturated carbocycles. The molecule has 1 aliphatic heterocycles. The lowest BCUT2D eigenvalue weighted by molar-refractivity contribution is 0.0564. The minimum atomic E-state index is -3.88. The lowest BCUT2D eigenvalue weighted by Gasteiger charge is -2.33. The van der Waals surface area contributed by atoms with Gasteiger partial charge in [0.15, 0.2) is 0 Å². The highest BCUT2D eigenvalue weighted by Crippen LogP contribution is 2.29. The van der Waals surface area contributed by atoms with Crippen LogP contribution >= 0.6 is 11.3 Å². The normalized spacial score (nSPS) is 15.9. The van der Waals surface area contributed by atoms with Gasteiger partial charge in [0, 0.05) is 30.7 Å². The lowest BCUT2D eigenvalue weighted by atomic mass is 10.1. The van der Waals surface area contributed by atoms with E-state index in [0.717, 1.165) is 4.88 Å². The molecule has 2 aromatic rings. The molecule has 3 rings (SSSR count). The summed E-state index contributed by atoms with van der Waals surface area (Å²) in [6.45, 7) is 1.33. The Labute approximate surface area is 157 Å². The Kier molecular flexibility index (Phi) is 6.08. The monoisotopic (exact) mass is 395 g/mol. The van der Waals surface area contributed by atoms with Crippen LogP contribution < -0.4 is 0 Å². The molecular weight excluding hydrogens is 374 g/mol. The predicted molar refractivity (Wildman–Crippen MR) is 98.7 cm³/mol. The molecule has 0 aliphatic carbocycles. The summed E-state index contributed by atoms with van der Waals surface area (Å²) in [6.07, 6.45) is 1.26. The second kappa shape index (κ2) is 8.30. The Bertz CT molecular complexity index is 842. The molecule has 0 radical (unpaired) electrons. The number of thiophene rings is 1. The summed E-state index contributed by atoms with van der Waals surface area (Å²) in [5.41, 5.74) is 0.0539. The number of methoxy groups -OCH3 is 1. The summed E-state index contributed by atoms with van der Waals surface area (Å²) in [5, 5.41) is 1.92. The minimum Gasteiger partial charge on any atom is -0.465 e. The topological polar surface area (TPSA) is 72.9 Å². The van der Waals surface area contributed by atoms with Gasteiger partial charge in [0.1, 0.15) is 0 Å². The third-order valence-electron chi connectivity index (χ3n) is 4.37. The first-order chi connectivity index (χ1) is 12.5. The summed E-state index contributed by atoms with van der Waals surface area (Å²) in [6, 6.07) is 9.83. The fraction of sp³-hybridized carbons (Fsp3) is 0.389. The molecule has 0 amide bonds. The Morgan fingerprint density at radius 3 is 2.62 bits per heavy atom. The quantitative estimate of drug-likeness (QED) is 0.703. The van der Waals surface area contributed by atoms with Crippen LogP contribution in [-0.4, -0.2) is 45.1 Å². The number of benzene rings is 1. The molecule has 6 nitrogen and oxygen atoms in total. The zero-order chi connectivity index (χ0) is 18.6. The standard InChI is InChI=1S/C18H21NO5S2/c1-23-18(20)16-6-2-3-7-17(16)26(21,22)19(13-15-5-4-12-25-15)14-8-10-24-11-9-14/h2-7,12,14H,8-11,13H2,1H3. The highest BCUT2D eigenvalue weighted by atomic mass is 32.2. The Morgan fingerprint density at radius 1 is 1.23 bits per heavy atom. The molecule has 0 unspecified atom stereocenters. The van der Waals surface area contributed by atoms with Gasteiger partial charge in [0.25, 0.3) is 0 Å². The van der Waals surface area contributed by atoms with Gasteiger partial charge in [0.05, 0.1) is 17.6 Å². The van der Waals surface area contributed by atoms with E-state index in [1.165, 1.54) is 34.9 Å². The molecule has 0 spiro atoms. The van der Waals surface area contributed by atoms with E-state index in [4.69, 9.17) is 9.47 Å². The van der Waals surface area contributed by atoms with Crippen molar-refractivity contribution in [2.75, 3.05) is 20.3 Å². The van der Waals surface area contributed by atoms with Crippen LogP contribution in [0.1, 0.15) is 28.1 Å². The average Bonchev–Trinajstić information content (AvgIpc) is 3.19. The van der Waals surface area contributed by atoms with Crippen molar-refractivity contribution in [3.05, 3.63) is 52.2 Å². The van der Waals surface area contributed by atoms with E-state index < -0.39 is 16.0 Å². The van der Waals surface area contributed by atoms with Crippen LogP contribution in [0.2, 0.25) is 0 Å². The van der Waals surface area contributed by atoms with Gasteiger partial charge < -0.3 is 9.47 Å². The molecule has 140 valence electrons. The molecular formula is C18H21NO5S2. The summed E-state index contributed by atoms with van der Waals surface area (Å²) >= 11 is 1.51. The summed E-state index contributed by atoms with van der Waals surface area (Å²) in [7, 11) is -2.64. The van der Waals surface area contributed by atoms with Crippen molar-refractivity contribution in [2.45, 2.75) is 30.3 Å². The molecule has 1 aliphatic rings. The first kappa shape index (κ1) is 19.0. The van der Waals surface area contributed by atoms with Crippen LogP contribution in [0.3, 0.4) is 0 Å². The van der Waals surface area contributed by atoms with Crippen LogP contribution in [0.5, 0.6) is 0 Å². The molecule has 2 heterocycles. The first-order valence-electron chi connectivity index (χ1n) is 8.33. The largest absolute Gasteiger partial charge is 0.465 e. The zero-order valence-corrected chi connectivity index (χ0v) is 16.1. The van der Waals surface area contributed by atoms with Crippen molar-refractivity contribution in [3.63, 3.8) is 0 Å². The second-order valence-corrected chi connectivity index (χ2v) is 8.85. The number of nitrogens with zero attached hydrogens (tertiary/aromatic N) is 1. The average molecular weight is 396 g/mol. The van der Waals surface area contributed by atoms with Gasteiger partial charge in [-0.05, 0) is 36.4 Å². The van der Waals surface area contributed by atoms with Gasteiger partial charge in [-0.1, -0.05) is 18.2 Å². The number of carbonyl (C=O) groups is 1. The molecule has 26 heavy (non-hydrogen) atoms. The van der Waals surface area contributed by atoms with E-state index in [2.05, 4.69) is 0 Å². The maximum absolute atomic E-state index is 13.5. The number of ether oxygens (including phenoxy) is 2. The summed E-state index contributed by atoms with van der Waals surface area (Å²) in [4.78, 5) is 13.0. The number of hydrogen-bond donors (Lipinski definition) is 0. The van der Waals surface area contributed by atoms with Gasteiger partial charge in [0.2, 0.25) is 10.0 Å². The lowest BCUT2D eigenvalue weighted by Crippen LogP contribution is -2.43. The van der Waals surface area contributed by atoms with Gasteiger partial charge in [-0.15, -0.1) is 11.3 Å². The maximum atomic E-state index is 13.5. The minimum absolute atomic E-state index is 0.0186. The fourth-order valence-corrected chi connectivity index (χ4v) is 5.67.